The number of cyclic esters (lactones) is 1. The summed E-state index contributed by atoms with van der Waals surface area (Å²) >= 11 is 0. The van der Waals surface area contributed by atoms with Crippen LogP contribution in [0.25, 0.3) is 0 Å². The van der Waals surface area contributed by atoms with Crippen molar-refractivity contribution < 1.29 is 86.1 Å². The third kappa shape index (κ3) is 8.17. The van der Waals surface area contributed by atoms with Crippen LogP contribution >= 0.6 is 0 Å². The Morgan fingerprint density at radius 3 is 1.78 bits per heavy atom. The number of nitrogens with zero attached hydrogens (tertiary/aromatic N) is 1. The number of fused-ring (bicyclic) bond motifs is 5. The van der Waals surface area contributed by atoms with Gasteiger partial charge in [-0.05, 0) is 50.2 Å². The van der Waals surface area contributed by atoms with Gasteiger partial charge in [0.2, 0.25) is 0 Å². The summed E-state index contributed by atoms with van der Waals surface area (Å²) in [5, 5.41) is 13.9. The Morgan fingerprint density at radius 1 is 0.687 bits per heavy atom. The molecular weight excluding hydrogens is 879 g/mol. The number of hydrogen-bond donors (Lipinski definition) is 1. The van der Waals surface area contributed by atoms with Crippen molar-refractivity contribution in [3.05, 3.63) is 101 Å². The Kier molecular flexibility index (Phi) is 13.1. The maximum absolute atomic E-state index is 14.8. The molecule has 1 N–H and O–H groups in total. The molecule has 2 saturated carbocycles. The molecule has 9 unspecified atom stereocenters. The van der Waals surface area contributed by atoms with Crippen molar-refractivity contribution in [1.82, 2.24) is 4.98 Å². The van der Waals surface area contributed by atoms with Crippen LogP contribution in [0.1, 0.15) is 98.1 Å². The second kappa shape index (κ2) is 18.2. The number of hydrogen-bond acceptors (Lipinski definition) is 19. The first-order valence-corrected chi connectivity index (χ1v) is 21.5. The van der Waals surface area contributed by atoms with E-state index in [0.717, 1.165) is 34.6 Å². The molecule has 356 valence electrons. The Balaban J connectivity index is 1.65. The maximum Gasteiger partial charge on any atom is 0.340 e. The van der Waals surface area contributed by atoms with Gasteiger partial charge in [0.15, 0.2) is 30.0 Å². The lowest BCUT2D eigenvalue weighted by Crippen LogP contribution is -2.89. The van der Waals surface area contributed by atoms with Crippen LogP contribution in [0, 0.1) is 17.3 Å². The SMILES string of the molecule is CC(=O)OCC12C(OC(C)=O)C(OC(C)=O)C3C(OC(=O)c4ccccc4)C14O[C@@]3(C)COC(=O)c1cccnc1C(C)[C@H](C)C(=O)O[C@@H](C(OC(C)=O)C2OC(=O)c1ccccc1)[C@]4(C)O. The third-order valence-electron chi connectivity index (χ3n) is 13.3. The highest BCUT2D eigenvalue weighted by molar-refractivity contribution is 5.92. The highest BCUT2D eigenvalue weighted by Crippen LogP contribution is 2.70. The number of aliphatic hydroxyl groups is 1. The van der Waals surface area contributed by atoms with E-state index in [-0.39, 0.29) is 22.4 Å². The second-order valence-electron chi connectivity index (χ2n) is 17.7. The number of rotatable bonds is 9. The smallest absolute Gasteiger partial charge is 0.340 e. The molecule has 0 amide bonds. The summed E-state index contributed by atoms with van der Waals surface area (Å²) in [6.07, 6.45) is -11.1. The molecule has 67 heavy (non-hydrogen) atoms. The molecule has 0 radical (unpaired) electrons. The van der Waals surface area contributed by atoms with Crippen LogP contribution in [-0.2, 0) is 66.6 Å². The van der Waals surface area contributed by atoms with E-state index in [9.17, 15) is 43.5 Å². The normalized spacial score (nSPS) is 34.1. The zero-order valence-electron chi connectivity index (χ0n) is 38.0. The van der Waals surface area contributed by atoms with E-state index in [2.05, 4.69) is 4.98 Å². The topological polar surface area (TPSA) is 253 Å². The van der Waals surface area contributed by atoms with Gasteiger partial charge in [-0.1, -0.05) is 50.2 Å². The number of carbonyl (C=O) groups is 8. The van der Waals surface area contributed by atoms with E-state index in [1.807, 2.05) is 0 Å². The van der Waals surface area contributed by atoms with E-state index in [1.54, 1.807) is 31.2 Å². The standard InChI is InChI=1S/C48H51NO18/c1-24-25(2)41(54)65-38-36(62-28(5)52)40(66-43(56)31-18-13-10-14-19-31)47(23-59-26(3)50)39(63-29(6)53)35(61-27(4)51)33-37(64-42(55)30-16-11-9-12-17-30)48(47,46(38,8)58)67-45(33,7)22-60-44(57)32-20-15-21-49-34(24)32/h9-21,24-25,33,35-40,58H,22-23H2,1-8H3/t24?,25-,33?,35?,36?,37?,38-,39?,40?,45-,46-,47?,48?/m0/s1. The summed E-state index contributed by atoms with van der Waals surface area (Å²) in [7, 11) is 0. The predicted octanol–water partition coefficient (Wildman–Crippen LogP) is 3.62. The Bertz CT molecular complexity index is 2460. The molecule has 3 heterocycles. The number of carbonyl (C=O) groups excluding carboxylic acids is 8. The first-order valence-electron chi connectivity index (χ1n) is 21.5. The number of aromatic nitrogens is 1. The molecule has 19 heteroatoms. The van der Waals surface area contributed by atoms with Crippen molar-refractivity contribution in [3.8, 4) is 0 Å². The van der Waals surface area contributed by atoms with Crippen LogP contribution in [0.5, 0.6) is 0 Å². The van der Waals surface area contributed by atoms with Crippen molar-refractivity contribution in [3.63, 3.8) is 0 Å². The fourth-order valence-electron chi connectivity index (χ4n) is 10.4. The van der Waals surface area contributed by atoms with Crippen LogP contribution in [0.3, 0.4) is 0 Å². The fourth-order valence-corrected chi connectivity index (χ4v) is 10.4. The monoisotopic (exact) mass is 929 g/mol. The predicted molar refractivity (Wildman–Crippen MR) is 225 cm³/mol. The fraction of sp³-hybridized carbons (Fsp3) is 0.479. The van der Waals surface area contributed by atoms with Crippen LogP contribution in [0.15, 0.2) is 79.0 Å². The van der Waals surface area contributed by atoms with Crippen LogP contribution in [-0.4, -0.2) is 124 Å². The minimum absolute atomic E-state index is 0.0377. The van der Waals surface area contributed by atoms with E-state index in [0.29, 0.717) is 0 Å². The quantitative estimate of drug-likeness (QED) is 0.238. The van der Waals surface area contributed by atoms with Crippen molar-refractivity contribution in [1.29, 1.82) is 0 Å². The van der Waals surface area contributed by atoms with Crippen LogP contribution < -0.4 is 0 Å². The molecule has 19 nitrogen and oxygen atoms in total. The zero-order valence-corrected chi connectivity index (χ0v) is 38.0. The van der Waals surface area contributed by atoms with Gasteiger partial charge in [0.05, 0.1) is 34.2 Å². The zero-order chi connectivity index (χ0) is 48.8. The van der Waals surface area contributed by atoms with Crippen molar-refractivity contribution in [2.24, 2.45) is 17.3 Å². The maximum atomic E-state index is 14.8. The molecule has 4 aliphatic rings. The van der Waals surface area contributed by atoms with Gasteiger partial charge >= 0.3 is 47.8 Å². The summed E-state index contributed by atoms with van der Waals surface area (Å²) in [6, 6.07) is 17.8. The second-order valence-corrected chi connectivity index (χ2v) is 17.7. The Hall–Kier alpha value is -6.73. The van der Waals surface area contributed by atoms with E-state index in [4.69, 9.17) is 42.6 Å². The van der Waals surface area contributed by atoms with Gasteiger partial charge in [-0.2, -0.15) is 0 Å². The molecule has 1 spiro atoms. The minimum Gasteiger partial charge on any atom is -0.465 e. The van der Waals surface area contributed by atoms with E-state index < -0.39 is 138 Å². The first kappa shape index (κ1) is 48.2. The Labute approximate surface area is 384 Å². The molecule has 2 aliphatic heterocycles. The molecule has 7 rings (SSSR count). The van der Waals surface area contributed by atoms with Crippen LogP contribution in [0.2, 0.25) is 0 Å². The molecule has 1 aromatic heterocycles. The molecule has 2 aliphatic carbocycles. The summed E-state index contributed by atoms with van der Waals surface area (Å²) in [5.74, 6) is -12.1. The lowest BCUT2D eigenvalue weighted by Gasteiger charge is -2.67. The summed E-state index contributed by atoms with van der Waals surface area (Å²) in [4.78, 5) is 116. The number of ether oxygens (including phenoxy) is 9. The average Bonchev–Trinajstić information content (AvgIpc) is 3.51. The van der Waals surface area contributed by atoms with Gasteiger partial charge in [0.1, 0.15) is 42.0 Å². The number of esters is 8. The van der Waals surface area contributed by atoms with Gasteiger partial charge in [-0.15, -0.1) is 0 Å². The highest BCUT2D eigenvalue weighted by atomic mass is 16.7. The van der Waals surface area contributed by atoms with Crippen molar-refractivity contribution >= 4 is 47.8 Å². The summed E-state index contributed by atoms with van der Waals surface area (Å²) in [5.41, 5.74) is -10.7. The third-order valence-corrected chi connectivity index (χ3v) is 13.3. The first-order chi connectivity index (χ1) is 31.6. The van der Waals surface area contributed by atoms with Crippen molar-refractivity contribution in [2.45, 2.75) is 115 Å². The summed E-state index contributed by atoms with van der Waals surface area (Å²) < 4.78 is 56.6. The van der Waals surface area contributed by atoms with Gasteiger partial charge < -0.3 is 47.7 Å². The summed E-state index contributed by atoms with van der Waals surface area (Å²) in [6.45, 7) is 7.66. The van der Waals surface area contributed by atoms with Gasteiger partial charge in [-0.25, -0.2) is 14.4 Å². The molecule has 4 bridgehead atoms. The number of benzene rings is 2. The van der Waals surface area contributed by atoms with Crippen molar-refractivity contribution in [2.75, 3.05) is 13.2 Å². The van der Waals surface area contributed by atoms with Gasteiger partial charge in [0, 0.05) is 39.8 Å². The van der Waals surface area contributed by atoms with E-state index in [1.165, 1.54) is 68.6 Å². The largest absolute Gasteiger partial charge is 0.465 e. The van der Waals surface area contributed by atoms with Gasteiger partial charge in [-0.3, -0.25) is 29.0 Å². The lowest BCUT2D eigenvalue weighted by molar-refractivity contribution is -0.385. The molecule has 1 saturated heterocycles. The molecular formula is C48H51NO18. The molecule has 13 atom stereocenters. The Morgan fingerprint density at radius 2 is 1.22 bits per heavy atom. The lowest BCUT2D eigenvalue weighted by atomic mass is 9.45. The molecule has 2 aromatic carbocycles. The minimum atomic E-state index is -2.91. The van der Waals surface area contributed by atoms with E-state index >= 15 is 0 Å². The average molecular weight is 930 g/mol. The van der Waals surface area contributed by atoms with Crippen LogP contribution in [0.4, 0.5) is 0 Å². The van der Waals surface area contributed by atoms with Gasteiger partial charge in [0.25, 0.3) is 0 Å². The highest BCUT2D eigenvalue weighted by Gasteiger charge is 2.92. The number of pyridine rings is 1. The molecule has 3 fully saturated rings. The molecule has 3 aromatic rings.